The van der Waals surface area contributed by atoms with Gasteiger partial charge in [0.1, 0.15) is 55.4 Å². The molecule has 0 aromatic rings. The molecular formula is C38H68O15. The van der Waals surface area contributed by atoms with Crippen LogP contribution in [-0.4, -0.2) is 142 Å². The zero-order chi connectivity index (χ0) is 39.0. The van der Waals surface area contributed by atoms with Crippen LogP contribution in [0, 0.1) is 0 Å². The number of carbonyl (C=O) groups is 2. The topological polar surface area (TPSA) is 231 Å². The third kappa shape index (κ3) is 18.2. The third-order valence-corrected chi connectivity index (χ3v) is 9.55. The quantitative estimate of drug-likeness (QED) is 0.0344. The van der Waals surface area contributed by atoms with Gasteiger partial charge < -0.3 is 64.2 Å². The summed E-state index contributed by atoms with van der Waals surface area (Å²) in [6.45, 7) is 1.94. The minimum Gasteiger partial charge on any atom is -0.462 e. The minimum atomic E-state index is -1.76. The summed E-state index contributed by atoms with van der Waals surface area (Å²) in [5, 5.41) is 71.1. The molecule has 2 fully saturated rings. The van der Waals surface area contributed by atoms with E-state index in [1.54, 1.807) is 6.92 Å². The van der Waals surface area contributed by atoms with E-state index in [1.165, 1.54) is 57.8 Å². The molecule has 0 aliphatic carbocycles. The van der Waals surface area contributed by atoms with Crippen molar-refractivity contribution in [2.75, 3.05) is 26.4 Å². The standard InChI is InChI=1S/C38H68O15/c1-3-5-6-7-8-9-10-11-12-13-14-15-16-17-18-19-20-21-30(41)51-26(23-48-29(40)4-2)24-49-37-36(47)34(45)32(43)28(53-37)25-50-38-35(46)33(44)31(42)27(22-39)52-38/h11-12,26-28,31-39,42-47H,3-10,13-25H2,1-2H3/b12-11-. The van der Waals surface area contributed by atoms with E-state index in [-0.39, 0.29) is 26.1 Å². The number of unbranched alkanes of at least 4 members (excludes halogenated alkanes) is 13. The molecule has 2 heterocycles. The van der Waals surface area contributed by atoms with E-state index >= 15 is 0 Å². The molecule has 15 nitrogen and oxygen atoms in total. The molecule has 0 spiro atoms. The molecule has 2 aliphatic rings. The molecule has 53 heavy (non-hydrogen) atoms. The fraction of sp³-hybridized carbons (Fsp3) is 0.895. The molecule has 2 rings (SSSR count). The summed E-state index contributed by atoms with van der Waals surface area (Å²) in [6.07, 6.45) is 5.39. The van der Waals surface area contributed by atoms with E-state index in [4.69, 9.17) is 28.4 Å². The zero-order valence-corrected chi connectivity index (χ0v) is 31.8. The first-order valence-electron chi connectivity index (χ1n) is 19.8. The van der Waals surface area contributed by atoms with Gasteiger partial charge in [-0.25, -0.2) is 0 Å². The van der Waals surface area contributed by atoms with Crippen LogP contribution >= 0.6 is 0 Å². The van der Waals surface area contributed by atoms with Crippen molar-refractivity contribution in [3.05, 3.63) is 12.2 Å². The summed E-state index contributed by atoms with van der Waals surface area (Å²) < 4.78 is 32.7. The maximum absolute atomic E-state index is 12.7. The lowest BCUT2D eigenvalue weighted by Gasteiger charge is -2.42. The van der Waals surface area contributed by atoms with E-state index in [0.717, 1.165) is 32.1 Å². The Balaban J connectivity index is 1.72. The van der Waals surface area contributed by atoms with E-state index in [0.29, 0.717) is 6.42 Å². The smallest absolute Gasteiger partial charge is 0.306 e. The first-order chi connectivity index (χ1) is 25.5. The van der Waals surface area contributed by atoms with Crippen molar-refractivity contribution in [1.82, 2.24) is 0 Å². The first-order valence-corrected chi connectivity index (χ1v) is 19.8. The number of allylic oxidation sites excluding steroid dienone is 2. The Labute approximate surface area is 314 Å². The molecular weight excluding hydrogens is 696 g/mol. The van der Waals surface area contributed by atoms with Gasteiger partial charge in [-0.1, -0.05) is 90.2 Å². The lowest BCUT2D eigenvalue weighted by atomic mass is 9.98. The zero-order valence-electron chi connectivity index (χ0n) is 31.8. The summed E-state index contributed by atoms with van der Waals surface area (Å²) in [5.74, 6) is -1.03. The Morgan fingerprint density at radius 3 is 1.68 bits per heavy atom. The number of hydrogen-bond acceptors (Lipinski definition) is 15. The number of aliphatic hydroxyl groups excluding tert-OH is 7. The second kappa shape index (κ2) is 27.8. The van der Waals surface area contributed by atoms with Crippen molar-refractivity contribution in [2.45, 2.75) is 191 Å². The number of esters is 2. The average Bonchev–Trinajstić information content (AvgIpc) is 3.15. The van der Waals surface area contributed by atoms with E-state index in [2.05, 4.69) is 19.1 Å². The number of aliphatic hydroxyl groups is 7. The van der Waals surface area contributed by atoms with Crippen molar-refractivity contribution in [3.63, 3.8) is 0 Å². The highest BCUT2D eigenvalue weighted by molar-refractivity contribution is 5.70. The van der Waals surface area contributed by atoms with Crippen LogP contribution in [0.5, 0.6) is 0 Å². The lowest BCUT2D eigenvalue weighted by molar-refractivity contribution is -0.332. The van der Waals surface area contributed by atoms with Crippen LogP contribution < -0.4 is 0 Å². The van der Waals surface area contributed by atoms with Crippen LogP contribution in [0.25, 0.3) is 0 Å². The molecule has 0 aromatic carbocycles. The summed E-state index contributed by atoms with van der Waals surface area (Å²) in [7, 11) is 0. The second-order valence-corrected chi connectivity index (χ2v) is 14.1. The Kier molecular flexibility index (Phi) is 24.8. The monoisotopic (exact) mass is 764 g/mol. The van der Waals surface area contributed by atoms with Gasteiger partial charge in [0, 0.05) is 12.8 Å². The molecule has 2 aliphatic heterocycles. The van der Waals surface area contributed by atoms with Gasteiger partial charge in [0.05, 0.1) is 19.8 Å². The van der Waals surface area contributed by atoms with E-state index in [1.807, 2.05) is 0 Å². The summed E-state index contributed by atoms with van der Waals surface area (Å²) in [6, 6.07) is 0. The van der Waals surface area contributed by atoms with Crippen LogP contribution in [0.2, 0.25) is 0 Å². The number of rotatable bonds is 28. The molecule has 0 radical (unpaired) electrons. The van der Waals surface area contributed by atoms with Gasteiger partial charge >= 0.3 is 11.9 Å². The molecule has 2 saturated heterocycles. The lowest BCUT2D eigenvalue weighted by Crippen LogP contribution is -2.61. The van der Waals surface area contributed by atoms with Gasteiger partial charge in [-0.3, -0.25) is 9.59 Å². The third-order valence-electron chi connectivity index (χ3n) is 9.55. The minimum absolute atomic E-state index is 0.0993. The average molecular weight is 765 g/mol. The maximum atomic E-state index is 12.7. The van der Waals surface area contributed by atoms with Crippen LogP contribution in [-0.2, 0) is 38.0 Å². The molecule has 0 aromatic heterocycles. The summed E-state index contributed by atoms with van der Waals surface area (Å²) >= 11 is 0. The van der Waals surface area contributed by atoms with Gasteiger partial charge in [-0.2, -0.15) is 0 Å². The molecule has 11 atom stereocenters. The Bertz CT molecular complexity index is 997. The van der Waals surface area contributed by atoms with Gasteiger partial charge in [0.25, 0.3) is 0 Å². The van der Waals surface area contributed by atoms with Crippen molar-refractivity contribution in [1.29, 1.82) is 0 Å². The molecule has 0 bridgehead atoms. The van der Waals surface area contributed by atoms with Crippen LogP contribution in [0.4, 0.5) is 0 Å². The van der Waals surface area contributed by atoms with Crippen molar-refractivity contribution in [3.8, 4) is 0 Å². The molecule has 0 amide bonds. The molecule has 11 unspecified atom stereocenters. The number of carbonyl (C=O) groups excluding carboxylic acids is 2. The fourth-order valence-electron chi connectivity index (χ4n) is 6.13. The van der Waals surface area contributed by atoms with Crippen LogP contribution in [0.1, 0.15) is 123 Å². The molecule has 7 N–H and O–H groups in total. The Morgan fingerprint density at radius 2 is 1.11 bits per heavy atom. The van der Waals surface area contributed by atoms with E-state index in [9.17, 15) is 45.3 Å². The molecule has 15 heteroatoms. The molecule has 0 saturated carbocycles. The predicted molar refractivity (Wildman–Crippen MR) is 192 cm³/mol. The van der Waals surface area contributed by atoms with Gasteiger partial charge in [0.15, 0.2) is 18.7 Å². The number of ether oxygens (including phenoxy) is 6. The Morgan fingerprint density at radius 1 is 0.604 bits per heavy atom. The normalized spacial score (nSPS) is 29.7. The van der Waals surface area contributed by atoms with Crippen molar-refractivity contribution in [2.24, 2.45) is 0 Å². The van der Waals surface area contributed by atoms with Gasteiger partial charge in [0.2, 0.25) is 0 Å². The van der Waals surface area contributed by atoms with Crippen molar-refractivity contribution < 1.29 is 73.8 Å². The Hall–Kier alpha value is -1.76. The predicted octanol–water partition coefficient (Wildman–Crippen LogP) is 2.31. The first kappa shape index (κ1) is 47.4. The molecule has 310 valence electrons. The highest BCUT2D eigenvalue weighted by Crippen LogP contribution is 2.26. The number of hydrogen-bond donors (Lipinski definition) is 7. The van der Waals surface area contributed by atoms with E-state index < -0.39 is 92.7 Å². The fourth-order valence-corrected chi connectivity index (χ4v) is 6.13. The highest BCUT2D eigenvalue weighted by atomic mass is 16.7. The van der Waals surface area contributed by atoms with Crippen molar-refractivity contribution >= 4 is 11.9 Å². The van der Waals surface area contributed by atoms with Gasteiger partial charge in [-0.15, -0.1) is 0 Å². The maximum Gasteiger partial charge on any atom is 0.306 e. The summed E-state index contributed by atoms with van der Waals surface area (Å²) in [4.78, 5) is 24.5. The largest absolute Gasteiger partial charge is 0.462 e. The summed E-state index contributed by atoms with van der Waals surface area (Å²) in [5.41, 5.74) is 0. The van der Waals surface area contributed by atoms with Gasteiger partial charge in [-0.05, 0) is 32.1 Å². The highest BCUT2D eigenvalue weighted by Gasteiger charge is 2.47. The SMILES string of the molecule is CCCCCCCC/C=C\CCCCCCCCCC(=O)OC(COC(=O)CC)COC1OC(COC2OC(CO)C(O)C(O)C2O)C(O)C(O)C1O. The van der Waals surface area contributed by atoms with Crippen LogP contribution in [0.15, 0.2) is 12.2 Å². The second-order valence-electron chi connectivity index (χ2n) is 14.1. The van der Waals surface area contributed by atoms with Crippen LogP contribution in [0.3, 0.4) is 0 Å².